The minimum absolute atomic E-state index is 0.267. The molecule has 0 bridgehead atoms. The Kier molecular flexibility index (Phi) is 7.42. The molecule has 3 rings (SSSR count). The van der Waals surface area contributed by atoms with Gasteiger partial charge in [0.1, 0.15) is 12.4 Å². The summed E-state index contributed by atoms with van der Waals surface area (Å²) in [5.41, 5.74) is 1.36. The van der Waals surface area contributed by atoms with E-state index in [2.05, 4.69) is 58.1 Å². The molecule has 1 aliphatic rings. The molecule has 152 valence electrons. The number of aliphatic imine (C=N–C) groups is 1. The van der Waals surface area contributed by atoms with E-state index < -0.39 is 0 Å². The molecule has 2 unspecified atom stereocenters. The van der Waals surface area contributed by atoms with Gasteiger partial charge in [-0.1, -0.05) is 30.3 Å². The van der Waals surface area contributed by atoms with E-state index in [0.29, 0.717) is 12.6 Å². The van der Waals surface area contributed by atoms with Crippen molar-refractivity contribution in [2.75, 3.05) is 13.2 Å². The number of nitrogens with zero attached hydrogens (tertiary/aromatic N) is 4. The summed E-state index contributed by atoms with van der Waals surface area (Å²) < 4.78 is 7.70. The third-order valence-corrected chi connectivity index (χ3v) is 5.17. The first-order valence-corrected chi connectivity index (χ1v) is 10.2. The number of benzene rings is 1. The molecule has 0 aliphatic carbocycles. The Bertz CT molecular complexity index is 752. The summed E-state index contributed by atoms with van der Waals surface area (Å²) in [4.78, 5) is 4.74. The van der Waals surface area contributed by atoms with Crippen molar-refractivity contribution in [1.82, 2.24) is 25.4 Å². The van der Waals surface area contributed by atoms with Crippen LogP contribution in [-0.4, -0.2) is 46.0 Å². The number of aromatic nitrogens is 3. The third-order valence-electron chi connectivity index (χ3n) is 5.17. The molecule has 1 saturated heterocycles. The normalized spacial score (nSPS) is 18.2. The monoisotopic (exact) mass is 384 g/mol. The van der Waals surface area contributed by atoms with Crippen LogP contribution in [0.15, 0.2) is 35.3 Å². The van der Waals surface area contributed by atoms with Crippen LogP contribution in [0.4, 0.5) is 0 Å². The van der Waals surface area contributed by atoms with Crippen LogP contribution in [0.25, 0.3) is 0 Å². The fourth-order valence-electron chi connectivity index (χ4n) is 3.24. The van der Waals surface area contributed by atoms with Gasteiger partial charge in [0.25, 0.3) is 0 Å². The number of nitrogens with one attached hydrogen (secondary N) is 2. The molecule has 1 fully saturated rings. The fourth-order valence-corrected chi connectivity index (χ4v) is 3.24. The Hall–Kier alpha value is -2.41. The standard InChI is InChI=1S/C21H32N6O/c1-16(11-12-18-8-5-4-6-9-18)24-21(22-14-19-10-7-13-28-19)23-15-20-26-25-17(2)27(20)3/h4-6,8-9,16,19H,7,10-15H2,1-3H3,(H2,22,23,24). The lowest BCUT2D eigenvalue weighted by molar-refractivity contribution is 0.113. The van der Waals surface area contributed by atoms with Crippen molar-refractivity contribution >= 4 is 5.96 Å². The maximum absolute atomic E-state index is 5.73. The highest BCUT2D eigenvalue weighted by Gasteiger charge is 2.16. The van der Waals surface area contributed by atoms with Gasteiger partial charge in [-0.15, -0.1) is 10.2 Å². The van der Waals surface area contributed by atoms with Gasteiger partial charge in [-0.25, -0.2) is 4.99 Å². The lowest BCUT2D eigenvalue weighted by Crippen LogP contribution is -2.45. The van der Waals surface area contributed by atoms with Crippen molar-refractivity contribution in [3.05, 3.63) is 47.5 Å². The second-order valence-corrected chi connectivity index (χ2v) is 7.47. The second kappa shape index (κ2) is 10.2. The maximum Gasteiger partial charge on any atom is 0.192 e. The van der Waals surface area contributed by atoms with Crippen LogP contribution < -0.4 is 10.6 Å². The highest BCUT2D eigenvalue weighted by molar-refractivity contribution is 5.80. The van der Waals surface area contributed by atoms with Gasteiger partial charge in [0.05, 0.1) is 6.10 Å². The van der Waals surface area contributed by atoms with Crippen LogP contribution in [-0.2, 0) is 24.8 Å². The number of aryl methyl sites for hydroxylation is 2. The van der Waals surface area contributed by atoms with Gasteiger partial charge < -0.3 is 19.9 Å². The van der Waals surface area contributed by atoms with Gasteiger partial charge in [-0.3, -0.25) is 0 Å². The highest BCUT2D eigenvalue weighted by atomic mass is 16.5. The molecule has 0 amide bonds. The Balaban J connectivity index is 1.57. The average molecular weight is 385 g/mol. The average Bonchev–Trinajstić information content (AvgIpc) is 3.34. The first-order chi connectivity index (χ1) is 13.6. The summed E-state index contributed by atoms with van der Waals surface area (Å²) in [6, 6.07) is 10.9. The molecule has 1 aromatic carbocycles. The van der Waals surface area contributed by atoms with E-state index in [4.69, 9.17) is 9.73 Å². The summed E-state index contributed by atoms with van der Waals surface area (Å²) in [5.74, 6) is 2.55. The van der Waals surface area contributed by atoms with Crippen molar-refractivity contribution in [3.63, 3.8) is 0 Å². The van der Waals surface area contributed by atoms with Gasteiger partial charge in [0.15, 0.2) is 11.8 Å². The molecule has 2 aromatic rings. The van der Waals surface area contributed by atoms with E-state index in [1.807, 2.05) is 18.5 Å². The number of ether oxygens (including phenoxy) is 1. The molecule has 1 aromatic heterocycles. The van der Waals surface area contributed by atoms with Crippen LogP contribution in [0.3, 0.4) is 0 Å². The molecule has 7 heteroatoms. The Morgan fingerprint density at radius 2 is 2.14 bits per heavy atom. The van der Waals surface area contributed by atoms with Crippen molar-refractivity contribution in [1.29, 1.82) is 0 Å². The predicted molar refractivity (Wildman–Crippen MR) is 111 cm³/mol. The molecular weight excluding hydrogens is 352 g/mol. The fraction of sp³-hybridized carbons (Fsp3) is 0.571. The predicted octanol–water partition coefficient (Wildman–Crippen LogP) is 2.36. The second-order valence-electron chi connectivity index (χ2n) is 7.47. The minimum atomic E-state index is 0.267. The molecule has 0 spiro atoms. The first kappa shape index (κ1) is 20.3. The summed E-state index contributed by atoms with van der Waals surface area (Å²) in [6.45, 7) is 6.26. The lowest BCUT2D eigenvalue weighted by atomic mass is 10.1. The molecule has 28 heavy (non-hydrogen) atoms. The Labute approximate surface area is 167 Å². The molecule has 1 aliphatic heterocycles. The van der Waals surface area contributed by atoms with Crippen LogP contribution in [0.5, 0.6) is 0 Å². The number of hydrogen-bond donors (Lipinski definition) is 2. The molecule has 2 atom stereocenters. The van der Waals surface area contributed by atoms with Gasteiger partial charge >= 0.3 is 0 Å². The zero-order chi connectivity index (χ0) is 19.8. The molecule has 2 heterocycles. The Morgan fingerprint density at radius 3 is 2.82 bits per heavy atom. The van der Waals surface area contributed by atoms with E-state index in [1.165, 1.54) is 5.56 Å². The van der Waals surface area contributed by atoms with Crippen molar-refractivity contribution in [2.45, 2.75) is 58.2 Å². The SMILES string of the molecule is Cc1nnc(CN=C(NCC2CCCO2)NC(C)CCc2ccccc2)n1C. The summed E-state index contributed by atoms with van der Waals surface area (Å²) in [7, 11) is 1.97. The molecular formula is C21H32N6O. The summed E-state index contributed by atoms with van der Waals surface area (Å²) >= 11 is 0. The van der Waals surface area contributed by atoms with Gasteiger partial charge in [-0.05, 0) is 45.1 Å². The molecule has 0 radical (unpaired) electrons. The van der Waals surface area contributed by atoms with Crippen molar-refractivity contribution in [3.8, 4) is 0 Å². The largest absolute Gasteiger partial charge is 0.376 e. The zero-order valence-corrected chi connectivity index (χ0v) is 17.2. The first-order valence-electron chi connectivity index (χ1n) is 10.2. The smallest absolute Gasteiger partial charge is 0.192 e. The van der Waals surface area contributed by atoms with E-state index in [9.17, 15) is 0 Å². The maximum atomic E-state index is 5.73. The van der Waals surface area contributed by atoms with Crippen molar-refractivity contribution < 1.29 is 4.74 Å². The zero-order valence-electron chi connectivity index (χ0n) is 17.2. The van der Waals surface area contributed by atoms with Crippen LogP contribution in [0.1, 0.15) is 43.4 Å². The van der Waals surface area contributed by atoms with E-state index in [1.54, 1.807) is 0 Å². The highest BCUT2D eigenvalue weighted by Crippen LogP contribution is 2.10. The van der Waals surface area contributed by atoms with Gasteiger partial charge in [0, 0.05) is 26.2 Å². The number of hydrogen-bond acceptors (Lipinski definition) is 4. The number of guanidine groups is 1. The minimum Gasteiger partial charge on any atom is -0.376 e. The van der Waals surface area contributed by atoms with Crippen LogP contribution in [0.2, 0.25) is 0 Å². The lowest BCUT2D eigenvalue weighted by Gasteiger charge is -2.20. The Morgan fingerprint density at radius 1 is 1.32 bits per heavy atom. The summed E-state index contributed by atoms with van der Waals surface area (Å²) in [5, 5.41) is 15.3. The van der Waals surface area contributed by atoms with Gasteiger partial charge in [-0.2, -0.15) is 0 Å². The van der Waals surface area contributed by atoms with Gasteiger partial charge in [0.2, 0.25) is 0 Å². The van der Waals surface area contributed by atoms with E-state index in [0.717, 1.165) is 56.4 Å². The van der Waals surface area contributed by atoms with Crippen LogP contribution >= 0.6 is 0 Å². The van der Waals surface area contributed by atoms with E-state index in [-0.39, 0.29) is 6.10 Å². The number of rotatable bonds is 8. The van der Waals surface area contributed by atoms with Crippen LogP contribution in [0, 0.1) is 6.92 Å². The third kappa shape index (κ3) is 6.05. The molecule has 7 nitrogen and oxygen atoms in total. The summed E-state index contributed by atoms with van der Waals surface area (Å²) in [6.07, 6.45) is 4.58. The molecule has 0 saturated carbocycles. The quantitative estimate of drug-likeness (QED) is 0.540. The van der Waals surface area contributed by atoms with Crippen molar-refractivity contribution in [2.24, 2.45) is 12.0 Å². The van der Waals surface area contributed by atoms with E-state index >= 15 is 0 Å². The molecule has 2 N–H and O–H groups in total. The topological polar surface area (TPSA) is 76.4 Å².